The van der Waals surface area contributed by atoms with Gasteiger partial charge in [-0.25, -0.2) is 13.4 Å². The third-order valence-corrected chi connectivity index (χ3v) is 6.27. The maximum Gasteiger partial charge on any atom is 0.261 e. The van der Waals surface area contributed by atoms with E-state index in [0.717, 1.165) is 0 Å². The van der Waals surface area contributed by atoms with E-state index < -0.39 is 15.1 Å². The molecule has 0 N–H and O–H groups in total. The van der Waals surface area contributed by atoms with Crippen LogP contribution >= 0.6 is 0 Å². The molecule has 0 atom stereocenters. The number of amides is 1. The Balaban J connectivity index is 1.73. The molecule has 2 heterocycles. The molecule has 1 saturated heterocycles. The van der Waals surface area contributed by atoms with Crippen LogP contribution in [0.1, 0.15) is 6.92 Å². The van der Waals surface area contributed by atoms with Gasteiger partial charge in [-0.1, -0.05) is 19.1 Å². The lowest BCUT2D eigenvalue weighted by molar-refractivity contribution is -0.135. The zero-order valence-electron chi connectivity index (χ0n) is 12.7. The number of likely N-dealkylation sites (tertiary alicyclic amines) is 1. The van der Waals surface area contributed by atoms with E-state index in [1.807, 2.05) is 0 Å². The van der Waals surface area contributed by atoms with Crippen LogP contribution in [0.3, 0.4) is 0 Å². The lowest BCUT2D eigenvalue weighted by Gasteiger charge is -2.38. The van der Waals surface area contributed by atoms with Crippen molar-refractivity contribution in [1.29, 1.82) is 0 Å². The minimum Gasteiger partial charge on any atom is -0.338 e. The van der Waals surface area contributed by atoms with Gasteiger partial charge < -0.3 is 4.90 Å². The molecule has 3 rings (SSSR count). The Morgan fingerprint density at radius 2 is 2.00 bits per heavy atom. The summed E-state index contributed by atoms with van der Waals surface area (Å²) in [5.41, 5.74) is 0.307. The average molecular weight is 335 g/mol. The number of nitrogens with zero attached hydrogens (tertiary/aromatic N) is 3. The van der Waals surface area contributed by atoms with Crippen molar-refractivity contribution in [2.45, 2.75) is 18.7 Å². The number of fused-ring (bicyclic) bond motifs is 1. The monoisotopic (exact) mass is 335 g/mol. The van der Waals surface area contributed by atoms with Gasteiger partial charge in [-0.3, -0.25) is 14.2 Å². The first kappa shape index (κ1) is 15.7. The average Bonchev–Trinajstić information content (AvgIpc) is 2.48. The number of sulfone groups is 1. The molecule has 1 aliphatic rings. The summed E-state index contributed by atoms with van der Waals surface area (Å²) in [4.78, 5) is 30.1. The van der Waals surface area contributed by atoms with Crippen LogP contribution in [0.15, 0.2) is 35.4 Å². The van der Waals surface area contributed by atoms with Crippen LogP contribution in [0.25, 0.3) is 10.9 Å². The van der Waals surface area contributed by atoms with Crippen molar-refractivity contribution in [3.05, 3.63) is 40.9 Å². The third-order valence-electron chi connectivity index (χ3n) is 4.15. The van der Waals surface area contributed by atoms with Gasteiger partial charge >= 0.3 is 0 Å². The van der Waals surface area contributed by atoms with Crippen molar-refractivity contribution in [3.8, 4) is 0 Å². The maximum atomic E-state index is 12.3. The number of hydrogen-bond donors (Lipinski definition) is 0. The molecule has 0 spiro atoms. The van der Waals surface area contributed by atoms with Gasteiger partial charge in [-0.2, -0.15) is 0 Å². The van der Waals surface area contributed by atoms with Crippen molar-refractivity contribution in [1.82, 2.24) is 14.5 Å². The van der Waals surface area contributed by atoms with Gasteiger partial charge in [-0.05, 0) is 12.1 Å². The number of rotatable bonds is 4. The van der Waals surface area contributed by atoms with Gasteiger partial charge in [0.05, 0.1) is 22.5 Å². The van der Waals surface area contributed by atoms with Crippen molar-refractivity contribution in [2.24, 2.45) is 0 Å². The Hall–Kier alpha value is -2.22. The van der Waals surface area contributed by atoms with E-state index in [0.29, 0.717) is 10.9 Å². The predicted octanol–water partition coefficient (Wildman–Crippen LogP) is 0.0420. The van der Waals surface area contributed by atoms with Gasteiger partial charge in [-0.15, -0.1) is 0 Å². The van der Waals surface area contributed by atoms with Gasteiger partial charge in [0.15, 0.2) is 9.84 Å². The Kier molecular flexibility index (Phi) is 3.93. The summed E-state index contributed by atoms with van der Waals surface area (Å²) in [5, 5.41) is -0.0271. The minimum atomic E-state index is -3.11. The van der Waals surface area contributed by atoms with E-state index >= 15 is 0 Å². The van der Waals surface area contributed by atoms with Crippen LogP contribution in [-0.2, 0) is 21.2 Å². The second kappa shape index (κ2) is 5.77. The molecule has 0 aliphatic carbocycles. The quantitative estimate of drug-likeness (QED) is 0.787. The molecule has 0 unspecified atom stereocenters. The minimum absolute atomic E-state index is 0.0771. The summed E-state index contributed by atoms with van der Waals surface area (Å²) in [6, 6.07) is 6.93. The van der Waals surface area contributed by atoms with Crippen LogP contribution in [-0.4, -0.2) is 52.9 Å². The van der Waals surface area contributed by atoms with Crippen LogP contribution in [0.4, 0.5) is 0 Å². The van der Waals surface area contributed by atoms with Crippen LogP contribution in [0, 0.1) is 0 Å². The fraction of sp³-hybridized carbons (Fsp3) is 0.400. The zero-order chi connectivity index (χ0) is 16.6. The molecule has 7 nitrogen and oxygen atoms in total. The van der Waals surface area contributed by atoms with E-state index in [4.69, 9.17) is 0 Å². The highest BCUT2D eigenvalue weighted by Crippen LogP contribution is 2.17. The van der Waals surface area contributed by atoms with E-state index in [1.54, 1.807) is 31.2 Å². The molecular weight excluding hydrogens is 318 g/mol. The fourth-order valence-electron chi connectivity index (χ4n) is 2.57. The molecule has 1 aromatic heterocycles. The van der Waals surface area contributed by atoms with Gasteiger partial charge in [0.1, 0.15) is 6.54 Å². The van der Waals surface area contributed by atoms with E-state index in [2.05, 4.69) is 4.98 Å². The molecule has 1 fully saturated rings. The first-order chi connectivity index (χ1) is 10.9. The molecule has 1 aromatic carbocycles. The lowest BCUT2D eigenvalue weighted by atomic mass is 10.2. The summed E-state index contributed by atoms with van der Waals surface area (Å²) >= 11 is 0. The largest absolute Gasteiger partial charge is 0.338 e. The topological polar surface area (TPSA) is 89.3 Å². The van der Waals surface area contributed by atoms with Crippen LogP contribution < -0.4 is 5.56 Å². The molecule has 8 heteroatoms. The van der Waals surface area contributed by atoms with E-state index in [1.165, 1.54) is 15.8 Å². The highest BCUT2D eigenvalue weighted by Gasteiger charge is 2.38. The van der Waals surface area contributed by atoms with Crippen LogP contribution in [0.5, 0.6) is 0 Å². The van der Waals surface area contributed by atoms with Gasteiger partial charge in [0, 0.05) is 18.8 Å². The lowest BCUT2D eigenvalue weighted by Crippen LogP contribution is -2.58. The molecule has 1 aliphatic heterocycles. The number of benzene rings is 1. The summed E-state index contributed by atoms with van der Waals surface area (Å²) in [6.45, 7) is 1.87. The number of carbonyl (C=O) groups excluding carboxylic acids is 1. The van der Waals surface area contributed by atoms with E-state index in [9.17, 15) is 18.0 Å². The summed E-state index contributed by atoms with van der Waals surface area (Å²) in [5.74, 6) is -0.194. The second-order valence-electron chi connectivity index (χ2n) is 5.57. The standard InChI is InChI=1S/C15H17N3O4S/c1-2-23(21,22)11-7-17(8-11)14(19)9-18-10-16-13-6-4-3-5-12(13)15(18)20/h3-6,10-11H,2,7-9H2,1H3. The molecule has 0 radical (unpaired) electrons. The Morgan fingerprint density at radius 3 is 2.70 bits per heavy atom. The highest BCUT2D eigenvalue weighted by atomic mass is 32.2. The predicted molar refractivity (Wildman–Crippen MR) is 85.8 cm³/mol. The third kappa shape index (κ3) is 2.86. The zero-order valence-corrected chi connectivity index (χ0v) is 13.5. The number of carbonyl (C=O) groups is 1. The highest BCUT2D eigenvalue weighted by molar-refractivity contribution is 7.92. The fourth-order valence-corrected chi connectivity index (χ4v) is 3.85. The van der Waals surface area contributed by atoms with Gasteiger partial charge in [0.25, 0.3) is 5.56 Å². The van der Waals surface area contributed by atoms with Crippen molar-refractivity contribution in [3.63, 3.8) is 0 Å². The number of aromatic nitrogens is 2. The molecule has 1 amide bonds. The Morgan fingerprint density at radius 1 is 1.30 bits per heavy atom. The van der Waals surface area contributed by atoms with Crippen molar-refractivity contribution >= 4 is 26.6 Å². The molecular formula is C15H17N3O4S. The Bertz CT molecular complexity index is 914. The number of hydrogen-bond acceptors (Lipinski definition) is 5. The first-order valence-corrected chi connectivity index (χ1v) is 9.07. The van der Waals surface area contributed by atoms with Crippen LogP contribution in [0.2, 0.25) is 0 Å². The molecule has 23 heavy (non-hydrogen) atoms. The van der Waals surface area contributed by atoms with Gasteiger partial charge in [0.2, 0.25) is 5.91 Å². The molecule has 2 aromatic rings. The normalized spacial score (nSPS) is 15.6. The van der Waals surface area contributed by atoms with Crippen molar-refractivity contribution in [2.75, 3.05) is 18.8 Å². The molecule has 122 valence electrons. The Labute approximate surface area is 133 Å². The first-order valence-electron chi connectivity index (χ1n) is 7.36. The summed E-state index contributed by atoms with van der Waals surface area (Å²) < 4.78 is 24.7. The number of para-hydroxylation sites is 1. The smallest absolute Gasteiger partial charge is 0.261 e. The van der Waals surface area contributed by atoms with E-state index in [-0.39, 0.29) is 36.9 Å². The summed E-state index contributed by atoms with van der Waals surface area (Å²) in [7, 11) is -3.11. The second-order valence-corrected chi connectivity index (χ2v) is 8.14. The molecule has 0 saturated carbocycles. The molecule has 0 bridgehead atoms. The SMILES string of the molecule is CCS(=O)(=O)C1CN(C(=O)Cn2cnc3ccccc3c2=O)C1. The summed E-state index contributed by atoms with van der Waals surface area (Å²) in [6.07, 6.45) is 1.35. The maximum absolute atomic E-state index is 12.3. The van der Waals surface area contributed by atoms with Crippen molar-refractivity contribution < 1.29 is 13.2 Å².